The summed E-state index contributed by atoms with van der Waals surface area (Å²) in [4.78, 5) is 22.2. The highest BCUT2D eigenvalue weighted by Gasteiger charge is 2.38. The number of amides is 1. The topological polar surface area (TPSA) is 86.9 Å². The molecular formula is C16H17N5O2. The number of carbonyl (C=O) groups is 1. The minimum atomic E-state index is -0.152. The van der Waals surface area contributed by atoms with Crippen LogP contribution < -0.4 is 0 Å². The lowest BCUT2D eigenvalue weighted by molar-refractivity contribution is 0.0679. The van der Waals surface area contributed by atoms with Crippen molar-refractivity contribution in [1.82, 2.24) is 25.1 Å². The fourth-order valence-corrected chi connectivity index (χ4v) is 3.17. The van der Waals surface area contributed by atoms with Gasteiger partial charge in [-0.15, -0.1) is 0 Å². The zero-order valence-corrected chi connectivity index (χ0v) is 12.7. The minimum absolute atomic E-state index is 0.00146. The molecule has 1 aromatic carbocycles. The maximum absolute atomic E-state index is 13.0. The predicted molar refractivity (Wildman–Crippen MR) is 83.9 cm³/mol. The van der Waals surface area contributed by atoms with E-state index in [4.69, 9.17) is 4.74 Å². The van der Waals surface area contributed by atoms with Gasteiger partial charge in [0.15, 0.2) is 0 Å². The van der Waals surface area contributed by atoms with Gasteiger partial charge in [0, 0.05) is 31.0 Å². The molecule has 2 atom stereocenters. The van der Waals surface area contributed by atoms with E-state index in [-0.39, 0.29) is 18.1 Å². The van der Waals surface area contributed by atoms with E-state index in [0.29, 0.717) is 24.5 Å². The first kappa shape index (κ1) is 14.0. The van der Waals surface area contributed by atoms with Gasteiger partial charge in [0.05, 0.1) is 12.1 Å². The molecule has 1 aliphatic rings. The van der Waals surface area contributed by atoms with Crippen molar-refractivity contribution in [2.24, 2.45) is 0 Å². The number of nitrogens with zero attached hydrogens (tertiary/aromatic N) is 3. The quantitative estimate of drug-likeness (QED) is 0.773. The number of benzene rings is 1. The van der Waals surface area contributed by atoms with E-state index in [1.807, 2.05) is 30.3 Å². The van der Waals surface area contributed by atoms with Crippen LogP contribution >= 0.6 is 0 Å². The largest absolute Gasteiger partial charge is 0.380 e. The Labute approximate surface area is 132 Å². The molecule has 2 N–H and O–H groups in total. The number of hydrogen-bond donors (Lipinski definition) is 2. The molecule has 1 fully saturated rings. The van der Waals surface area contributed by atoms with Crippen LogP contribution in [0.15, 0.2) is 36.7 Å². The van der Waals surface area contributed by atoms with Crippen molar-refractivity contribution in [3.8, 4) is 0 Å². The normalized spacial score (nSPS) is 21.2. The monoisotopic (exact) mass is 311 g/mol. The number of ether oxygens (including phenoxy) is 1. The van der Waals surface area contributed by atoms with Crippen LogP contribution in [0.4, 0.5) is 0 Å². The van der Waals surface area contributed by atoms with Gasteiger partial charge in [-0.25, -0.2) is 4.98 Å². The number of nitrogens with one attached hydrogen (secondary N) is 2. The summed E-state index contributed by atoms with van der Waals surface area (Å²) in [6.07, 6.45) is 2.16. The molecule has 0 unspecified atom stereocenters. The maximum atomic E-state index is 13.0. The van der Waals surface area contributed by atoms with Crippen molar-refractivity contribution in [2.75, 3.05) is 13.7 Å². The Morgan fingerprint density at radius 3 is 3.00 bits per heavy atom. The van der Waals surface area contributed by atoms with Crippen LogP contribution in [0.1, 0.15) is 28.8 Å². The maximum Gasteiger partial charge on any atom is 0.271 e. The summed E-state index contributed by atoms with van der Waals surface area (Å²) in [5, 5.41) is 7.78. The van der Waals surface area contributed by atoms with Crippen LogP contribution in [0, 0.1) is 0 Å². The fourth-order valence-electron chi connectivity index (χ4n) is 3.17. The number of H-pyrrole nitrogens is 2. The van der Waals surface area contributed by atoms with Crippen LogP contribution in [0.5, 0.6) is 0 Å². The first-order valence-electron chi connectivity index (χ1n) is 7.53. The highest BCUT2D eigenvalue weighted by Crippen LogP contribution is 2.32. The smallest absolute Gasteiger partial charge is 0.271 e. The van der Waals surface area contributed by atoms with E-state index in [0.717, 1.165) is 10.9 Å². The molecule has 0 saturated carbocycles. The molecule has 3 heterocycles. The van der Waals surface area contributed by atoms with Gasteiger partial charge in [-0.3, -0.25) is 9.89 Å². The second-order valence-electron chi connectivity index (χ2n) is 5.71. The van der Waals surface area contributed by atoms with Gasteiger partial charge < -0.3 is 14.6 Å². The van der Waals surface area contributed by atoms with Gasteiger partial charge in [0.2, 0.25) is 0 Å². The van der Waals surface area contributed by atoms with Crippen LogP contribution in [0.25, 0.3) is 10.9 Å². The molecule has 0 bridgehead atoms. The predicted octanol–water partition coefficient (Wildman–Crippen LogP) is 1.89. The molecule has 1 saturated heterocycles. The second-order valence-corrected chi connectivity index (χ2v) is 5.71. The summed E-state index contributed by atoms with van der Waals surface area (Å²) >= 11 is 0. The number of fused-ring (bicyclic) bond motifs is 1. The zero-order valence-electron chi connectivity index (χ0n) is 12.7. The third-order valence-electron chi connectivity index (χ3n) is 4.37. The van der Waals surface area contributed by atoms with E-state index in [9.17, 15) is 4.79 Å². The molecule has 0 radical (unpaired) electrons. The lowest BCUT2D eigenvalue weighted by Gasteiger charge is -2.21. The Hall–Kier alpha value is -2.67. The van der Waals surface area contributed by atoms with Crippen molar-refractivity contribution in [3.63, 3.8) is 0 Å². The van der Waals surface area contributed by atoms with E-state index in [1.54, 1.807) is 12.0 Å². The van der Waals surface area contributed by atoms with Crippen LogP contribution in [0.2, 0.25) is 0 Å². The molecule has 4 rings (SSSR count). The number of hydrogen-bond acceptors (Lipinski definition) is 4. The Balaban J connectivity index is 1.67. The van der Waals surface area contributed by atoms with Crippen LogP contribution in [0.3, 0.4) is 0 Å². The average Bonchev–Trinajstić information content (AvgIpc) is 3.30. The van der Waals surface area contributed by atoms with Gasteiger partial charge >= 0.3 is 0 Å². The third-order valence-corrected chi connectivity index (χ3v) is 4.37. The van der Waals surface area contributed by atoms with Crippen molar-refractivity contribution in [3.05, 3.63) is 48.2 Å². The standard InChI is InChI=1S/C16H17N5O2/c1-23-11-7-14(15-17-9-18-20-15)21(8-11)16(22)13-6-10-4-2-3-5-12(10)19-13/h2-6,9,11,14,19H,7-8H2,1H3,(H,17,18,20)/t11-,14+/m1/s1. The molecule has 0 aliphatic carbocycles. The van der Waals surface area contributed by atoms with Gasteiger partial charge in [-0.1, -0.05) is 18.2 Å². The van der Waals surface area contributed by atoms with Gasteiger partial charge in [-0.2, -0.15) is 5.10 Å². The van der Waals surface area contributed by atoms with Crippen molar-refractivity contribution in [2.45, 2.75) is 18.6 Å². The molecule has 7 heteroatoms. The molecule has 23 heavy (non-hydrogen) atoms. The second kappa shape index (κ2) is 5.51. The Bertz CT molecular complexity index is 793. The number of aromatic amines is 2. The lowest BCUT2D eigenvalue weighted by Crippen LogP contribution is -2.32. The van der Waals surface area contributed by atoms with E-state index >= 15 is 0 Å². The average molecular weight is 311 g/mol. The van der Waals surface area contributed by atoms with Crippen LogP contribution in [-0.4, -0.2) is 50.7 Å². The molecule has 1 amide bonds. The molecule has 1 aliphatic heterocycles. The first-order valence-corrected chi connectivity index (χ1v) is 7.53. The molecule has 7 nitrogen and oxygen atoms in total. The summed E-state index contributed by atoms with van der Waals surface area (Å²) in [7, 11) is 1.67. The number of carbonyl (C=O) groups excluding carboxylic acids is 1. The van der Waals surface area contributed by atoms with Gasteiger partial charge in [0.1, 0.15) is 17.8 Å². The Kier molecular flexibility index (Phi) is 3.34. The Morgan fingerprint density at radius 2 is 2.26 bits per heavy atom. The number of para-hydroxylation sites is 1. The van der Waals surface area contributed by atoms with E-state index in [2.05, 4.69) is 20.2 Å². The Morgan fingerprint density at radius 1 is 1.39 bits per heavy atom. The van der Waals surface area contributed by atoms with Gasteiger partial charge in [0.25, 0.3) is 5.91 Å². The SMILES string of the molecule is CO[C@@H]1C[C@@H](c2ncn[nH]2)N(C(=O)c2cc3ccccc3[nH]2)C1. The summed E-state index contributed by atoms with van der Waals surface area (Å²) in [6, 6.07) is 9.58. The number of likely N-dealkylation sites (tertiary alicyclic amines) is 1. The van der Waals surface area contributed by atoms with E-state index < -0.39 is 0 Å². The highest BCUT2D eigenvalue weighted by molar-refractivity contribution is 5.98. The summed E-state index contributed by atoms with van der Waals surface area (Å²) in [5.74, 6) is 0.635. The first-order chi connectivity index (χ1) is 11.3. The summed E-state index contributed by atoms with van der Waals surface area (Å²) < 4.78 is 5.45. The molecule has 3 aromatic rings. The highest BCUT2D eigenvalue weighted by atomic mass is 16.5. The lowest BCUT2D eigenvalue weighted by atomic mass is 10.2. The summed E-state index contributed by atoms with van der Waals surface area (Å²) in [5.41, 5.74) is 1.53. The van der Waals surface area contributed by atoms with Crippen molar-refractivity contribution >= 4 is 16.8 Å². The zero-order chi connectivity index (χ0) is 15.8. The van der Waals surface area contributed by atoms with Crippen molar-refractivity contribution in [1.29, 1.82) is 0 Å². The minimum Gasteiger partial charge on any atom is -0.380 e. The van der Waals surface area contributed by atoms with E-state index in [1.165, 1.54) is 6.33 Å². The van der Waals surface area contributed by atoms with Crippen LogP contribution in [-0.2, 0) is 4.74 Å². The number of aromatic nitrogens is 4. The fraction of sp³-hybridized carbons (Fsp3) is 0.312. The van der Waals surface area contributed by atoms with Crippen molar-refractivity contribution < 1.29 is 9.53 Å². The molecule has 0 spiro atoms. The number of methoxy groups -OCH3 is 1. The summed E-state index contributed by atoms with van der Waals surface area (Å²) in [6.45, 7) is 0.538. The molecule has 118 valence electrons. The number of rotatable bonds is 3. The third kappa shape index (κ3) is 2.39. The molecular weight excluding hydrogens is 294 g/mol. The van der Waals surface area contributed by atoms with Gasteiger partial charge in [-0.05, 0) is 12.1 Å². The molecule has 2 aromatic heterocycles.